The van der Waals surface area contributed by atoms with Crippen molar-refractivity contribution in [1.82, 2.24) is 4.98 Å². The Morgan fingerprint density at radius 2 is 1.91 bits per heavy atom. The summed E-state index contributed by atoms with van der Waals surface area (Å²) >= 11 is 5.90. The molecule has 0 saturated heterocycles. The first-order valence-corrected chi connectivity index (χ1v) is 11.6. The Bertz CT molecular complexity index is 677. The molecule has 0 spiro atoms. The Morgan fingerprint density at radius 3 is 2.43 bits per heavy atom. The molecule has 3 nitrogen and oxygen atoms in total. The van der Waals surface area contributed by atoms with E-state index < -0.39 is 13.5 Å². The summed E-state index contributed by atoms with van der Waals surface area (Å²) in [5, 5.41) is 10.6. The second-order valence-corrected chi connectivity index (χ2v) is 12.8. The molecule has 0 aliphatic carbocycles. The van der Waals surface area contributed by atoms with Gasteiger partial charge in [0.2, 0.25) is 0 Å². The van der Waals surface area contributed by atoms with E-state index in [1.165, 1.54) is 0 Å². The van der Waals surface area contributed by atoms with Crippen LogP contribution in [-0.2, 0) is 5.41 Å². The lowest BCUT2D eigenvalue weighted by Crippen LogP contribution is -2.39. The van der Waals surface area contributed by atoms with Gasteiger partial charge in [0, 0.05) is 25.5 Å². The second-order valence-electron chi connectivity index (χ2n) is 6.92. The molecule has 0 fully saturated rings. The van der Waals surface area contributed by atoms with Crippen molar-refractivity contribution >= 4 is 19.7 Å². The maximum absolute atomic E-state index is 9.96. The van der Waals surface area contributed by atoms with Crippen LogP contribution in [0, 0.1) is 11.3 Å². The van der Waals surface area contributed by atoms with Crippen molar-refractivity contribution in [2.45, 2.75) is 31.1 Å². The third kappa shape index (κ3) is 4.82. The van der Waals surface area contributed by atoms with Gasteiger partial charge in [-0.25, -0.2) is 0 Å². The van der Waals surface area contributed by atoms with Gasteiger partial charge in [0.1, 0.15) is 17.8 Å². The van der Waals surface area contributed by atoms with E-state index in [9.17, 15) is 5.26 Å². The Morgan fingerprint density at radius 1 is 1.22 bits per heavy atom. The lowest BCUT2D eigenvalue weighted by molar-refractivity contribution is 0.261. The molecule has 1 aromatic heterocycles. The number of nitriles is 1. The van der Waals surface area contributed by atoms with E-state index >= 15 is 0 Å². The van der Waals surface area contributed by atoms with E-state index in [1.54, 1.807) is 24.5 Å². The molecule has 1 unspecified atom stereocenters. The molecule has 0 radical (unpaired) electrons. The van der Waals surface area contributed by atoms with Crippen LogP contribution in [0.3, 0.4) is 0 Å². The molecule has 120 valence electrons. The molecule has 2 aromatic rings. The van der Waals surface area contributed by atoms with Crippen LogP contribution in [0.15, 0.2) is 48.8 Å². The number of rotatable bonds is 6. The zero-order chi connectivity index (χ0) is 16.9. The summed E-state index contributed by atoms with van der Waals surface area (Å²) in [6.45, 7) is 7.09. The topological polar surface area (TPSA) is 45.9 Å². The van der Waals surface area contributed by atoms with E-state index in [0.29, 0.717) is 17.4 Å². The third-order valence-corrected chi connectivity index (χ3v) is 5.48. The van der Waals surface area contributed by atoms with Crippen LogP contribution >= 0.6 is 11.6 Å². The molecule has 0 amide bonds. The van der Waals surface area contributed by atoms with E-state index in [2.05, 4.69) is 30.7 Å². The zero-order valence-corrected chi connectivity index (χ0v) is 15.5. The summed E-state index contributed by atoms with van der Waals surface area (Å²) in [5.41, 5.74) is 0.233. The fraction of sp³-hybridized carbons (Fsp3) is 0.333. The summed E-state index contributed by atoms with van der Waals surface area (Å²) in [4.78, 5) is 4.19. The van der Waals surface area contributed by atoms with Crippen molar-refractivity contribution in [3.63, 3.8) is 0 Å². The van der Waals surface area contributed by atoms with Crippen LogP contribution in [0.25, 0.3) is 0 Å². The molecular formula is C18H21ClN2OSi. The van der Waals surface area contributed by atoms with Crippen molar-refractivity contribution in [2.75, 3.05) is 6.61 Å². The summed E-state index contributed by atoms with van der Waals surface area (Å²) in [6.07, 6.45) is 3.49. The Kier molecular flexibility index (Phi) is 5.45. The standard InChI is InChI=1S/C18H21ClN2OSi/c1-23(2,3)14-18(12-20,15-5-4-10-21-11-15)13-22-17-8-6-16(19)7-9-17/h4-11H,13-14H2,1-3H3. The quantitative estimate of drug-likeness (QED) is 0.699. The summed E-state index contributed by atoms with van der Waals surface area (Å²) in [7, 11) is -1.49. The van der Waals surface area contributed by atoms with Gasteiger partial charge in [-0.05, 0) is 41.9 Å². The molecule has 23 heavy (non-hydrogen) atoms. The molecule has 0 saturated carbocycles. The largest absolute Gasteiger partial charge is 0.492 e. The van der Waals surface area contributed by atoms with E-state index in [0.717, 1.165) is 11.6 Å². The number of hydrogen-bond acceptors (Lipinski definition) is 3. The second kappa shape index (κ2) is 7.16. The Hall–Kier alpha value is -1.83. The van der Waals surface area contributed by atoms with Gasteiger partial charge in [-0.3, -0.25) is 4.98 Å². The van der Waals surface area contributed by atoms with Gasteiger partial charge in [0.05, 0.1) is 6.07 Å². The number of nitrogens with zero attached hydrogens (tertiary/aromatic N) is 2. The minimum Gasteiger partial charge on any atom is -0.492 e. The highest BCUT2D eigenvalue weighted by Crippen LogP contribution is 2.34. The first-order valence-electron chi connectivity index (χ1n) is 7.55. The lowest BCUT2D eigenvalue weighted by atomic mass is 9.85. The lowest BCUT2D eigenvalue weighted by Gasteiger charge is -2.32. The monoisotopic (exact) mass is 344 g/mol. The molecule has 2 rings (SSSR count). The molecule has 0 bridgehead atoms. The van der Waals surface area contributed by atoms with Gasteiger partial charge >= 0.3 is 0 Å². The van der Waals surface area contributed by atoms with Crippen molar-refractivity contribution in [1.29, 1.82) is 5.26 Å². The van der Waals surface area contributed by atoms with E-state index in [4.69, 9.17) is 16.3 Å². The van der Waals surface area contributed by atoms with Gasteiger partial charge < -0.3 is 4.74 Å². The molecule has 0 N–H and O–H groups in total. The summed E-state index contributed by atoms with van der Waals surface area (Å²) in [5.74, 6) is 0.716. The van der Waals surface area contributed by atoms with Crippen LogP contribution in [0.2, 0.25) is 30.7 Å². The molecule has 5 heteroatoms. The first kappa shape index (κ1) is 17.5. The average Bonchev–Trinajstić information content (AvgIpc) is 2.53. The zero-order valence-electron chi connectivity index (χ0n) is 13.7. The average molecular weight is 345 g/mol. The van der Waals surface area contributed by atoms with Gasteiger partial charge in [0.25, 0.3) is 0 Å². The number of aromatic nitrogens is 1. The number of halogens is 1. The fourth-order valence-corrected chi connectivity index (χ4v) is 4.98. The smallest absolute Gasteiger partial charge is 0.119 e. The first-order chi connectivity index (χ1) is 10.8. The minimum absolute atomic E-state index is 0.307. The molecule has 1 heterocycles. The van der Waals surface area contributed by atoms with Gasteiger partial charge in [-0.2, -0.15) is 5.26 Å². The maximum atomic E-state index is 9.96. The molecule has 1 aromatic carbocycles. The van der Waals surface area contributed by atoms with Crippen molar-refractivity contribution in [3.8, 4) is 11.8 Å². The van der Waals surface area contributed by atoms with Gasteiger partial charge in [-0.15, -0.1) is 0 Å². The molecular weight excluding hydrogens is 324 g/mol. The molecule has 0 aliphatic heterocycles. The van der Waals surface area contributed by atoms with Crippen LogP contribution in [0.4, 0.5) is 0 Å². The highest BCUT2D eigenvalue weighted by molar-refractivity contribution is 6.76. The number of benzene rings is 1. The normalized spacial score (nSPS) is 13.9. The SMILES string of the molecule is C[Si](C)(C)CC(C#N)(COc1ccc(Cl)cc1)c1cccnc1. The highest BCUT2D eigenvalue weighted by atomic mass is 35.5. The third-order valence-electron chi connectivity index (χ3n) is 3.56. The van der Waals surface area contributed by atoms with Crippen molar-refractivity contribution < 1.29 is 4.74 Å². The van der Waals surface area contributed by atoms with Gasteiger partial charge in [-0.1, -0.05) is 37.3 Å². The number of ether oxygens (including phenoxy) is 1. The number of hydrogen-bond donors (Lipinski definition) is 0. The predicted octanol–water partition coefficient (Wildman–Crippen LogP) is 4.91. The van der Waals surface area contributed by atoms with Gasteiger partial charge in [0.15, 0.2) is 0 Å². The highest BCUT2D eigenvalue weighted by Gasteiger charge is 2.38. The predicted molar refractivity (Wildman–Crippen MR) is 96.6 cm³/mol. The molecule has 0 aliphatic rings. The number of pyridine rings is 1. The maximum Gasteiger partial charge on any atom is 0.119 e. The van der Waals surface area contributed by atoms with Crippen molar-refractivity contribution in [3.05, 3.63) is 59.4 Å². The van der Waals surface area contributed by atoms with Crippen LogP contribution in [0.5, 0.6) is 5.75 Å². The van der Waals surface area contributed by atoms with E-state index in [1.807, 2.05) is 24.3 Å². The molecule has 1 atom stereocenters. The van der Waals surface area contributed by atoms with Crippen LogP contribution in [-0.4, -0.2) is 19.7 Å². The van der Waals surface area contributed by atoms with E-state index in [-0.39, 0.29) is 0 Å². The van der Waals surface area contributed by atoms with Crippen molar-refractivity contribution in [2.24, 2.45) is 0 Å². The van der Waals surface area contributed by atoms with Crippen LogP contribution in [0.1, 0.15) is 5.56 Å². The summed E-state index contributed by atoms with van der Waals surface area (Å²) in [6, 6.07) is 14.4. The van der Waals surface area contributed by atoms with Crippen LogP contribution < -0.4 is 4.74 Å². The Balaban J connectivity index is 2.29. The summed E-state index contributed by atoms with van der Waals surface area (Å²) < 4.78 is 5.93. The fourth-order valence-electron chi connectivity index (χ4n) is 2.66. The Labute approximate surface area is 143 Å². The minimum atomic E-state index is -1.49.